The molecule has 1 aliphatic heterocycles. The third-order valence-corrected chi connectivity index (χ3v) is 4.57. The van der Waals surface area contributed by atoms with Crippen LogP contribution in [0.15, 0.2) is 29.4 Å². The average molecular weight is 362 g/mol. The summed E-state index contributed by atoms with van der Waals surface area (Å²) in [7, 11) is 0. The maximum atomic E-state index is 11.3. The Kier molecular flexibility index (Phi) is 5.81. The topological polar surface area (TPSA) is 81.3 Å². The number of nitrogens with zero attached hydrogens (tertiary/aromatic N) is 1. The van der Waals surface area contributed by atoms with Gasteiger partial charge in [0.25, 0.3) is 0 Å². The molecule has 7 heteroatoms. The van der Waals surface area contributed by atoms with Gasteiger partial charge < -0.3 is 20.9 Å². The van der Waals surface area contributed by atoms with E-state index in [2.05, 4.69) is 25.9 Å². The van der Waals surface area contributed by atoms with Gasteiger partial charge in [0.1, 0.15) is 0 Å². The van der Waals surface area contributed by atoms with Crippen LogP contribution >= 0.6 is 11.6 Å². The zero-order chi connectivity index (χ0) is 17.6. The van der Waals surface area contributed by atoms with Gasteiger partial charge in [0.15, 0.2) is 5.96 Å². The number of piperidine rings is 1. The first-order chi connectivity index (χ1) is 12.2. The van der Waals surface area contributed by atoms with Crippen LogP contribution in [0.5, 0.6) is 0 Å². The minimum atomic E-state index is 0.123. The van der Waals surface area contributed by atoms with Crippen LogP contribution in [-0.2, 0) is 11.2 Å². The van der Waals surface area contributed by atoms with Crippen molar-refractivity contribution in [2.24, 2.45) is 4.99 Å². The summed E-state index contributed by atoms with van der Waals surface area (Å²) < 4.78 is 0. The second-order valence-electron chi connectivity index (χ2n) is 6.20. The molecular formula is C18H24ClN5O. The molecule has 0 radical (unpaired) electrons. The number of fused-ring (bicyclic) bond motifs is 1. The Morgan fingerprint density at radius 3 is 3.08 bits per heavy atom. The summed E-state index contributed by atoms with van der Waals surface area (Å²) in [5.74, 6) is 0.916. The summed E-state index contributed by atoms with van der Waals surface area (Å²) in [4.78, 5) is 19.2. The number of benzene rings is 1. The molecule has 6 nitrogen and oxygen atoms in total. The highest BCUT2D eigenvalue weighted by atomic mass is 35.5. The number of rotatable bonds is 5. The molecule has 1 unspecified atom stereocenters. The molecule has 0 spiro atoms. The molecule has 3 rings (SSSR count). The van der Waals surface area contributed by atoms with Gasteiger partial charge in [0, 0.05) is 54.2 Å². The minimum absolute atomic E-state index is 0.123. The predicted molar refractivity (Wildman–Crippen MR) is 102 cm³/mol. The maximum Gasteiger partial charge on any atom is 0.220 e. The van der Waals surface area contributed by atoms with Crippen molar-refractivity contribution in [2.75, 3.05) is 19.6 Å². The van der Waals surface area contributed by atoms with Gasteiger partial charge in [-0.05, 0) is 43.5 Å². The van der Waals surface area contributed by atoms with E-state index in [0.29, 0.717) is 19.5 Å². The largest absolute Gasteiger partial charge is 0.361 e. The summed E-state index contributed by atoms with van der Waals surface area (Å²) in [5, 5.41) is 11.4. The van der Waals surface area contributed by atoms with E-state index in [9.17, 15) is 4.79 Å². The van der Waals surface area contributed by atoms with Crippen molar-refractivity contribution in [1.82, 2.24) is 20.9 Å². The third kappa shape index (κ3) is 4.66. The van der Waals surface area contributed by atoms with E-state index in [-0.39, 0.29) is 11.9 Å². The van der Waals surface area contributed by atoms with Crippen LogP contribution in [0, 0.1) is 0 Å². The Morgan fingerprint density at radius 2 is 2.32 bits per heavy atom. The molecule has 134 valence electrons. The molecule has 0 saturated carbocycles. The Hall–Kier alpha value is -2.21. The van der Waals surface area contributed by atoms with Crippen LogP contribution in [-0.4, -0.2) is 42.5 Å². The minimum Gasteiger partial charge on any atom is -0.361 e. The van der Waals surface area contributed by atoms with E-state index in [1.54, 1.807) is 0 Å². The summed E-state index contributed by atoms with van der Waals surface area (Å²) in [6.45, 7) is 4.16. The second-order valence-corrected chi connectivity index (χ2v) is 6.63. The first-order valence-electron chi connectivity index (χ1n) is 8.72. The lowest BCUT2D eigenvalue weighted by Gasteiger charge is -2.25. The molecule has 1 aliphatic rings. The van der Waals surface area contributed by atoms with Crippen LogP contribution in [0.1, 0.15) is 25.3 Å². The molecule has 1 fully saturated rings. The van der Waals surface area contributed by atoms with E-state index in [1.807, 2.05) is 31.3 Å². The molecule has 0 bridgehead atoms. The smallest absolute Gasteiger partial charge is 0.220 e. The highest BCUT2D eigenvalue weighted by Gasteiger charge is 2.18. The molecule has 2 aromatic rings. The lowest BCUT2D eigenvalue weighted by atomic mass is 10.1. The molecular weight excluding hydrogens is 338 g/mol. The summed E-state index contributed by atoms with van der Waals surface area (Å²) >= 11 is 6.10. The lowest BCUT2D eigenvalue weighted by Crippen LogP contribution is -2.51. The van der Waals surface area contributed by atoms with Crippen molar-refractivity contribution in [2.45, 2.75) is 32.2 Å². The number of halogens is 1. The van der Waals surface area contributed by atoms with Crippen molar-refractivity contribution >= 4 is 34.4 Å². The number of H-pyrrole nitrogens is 1. The molecule has 0 aliphatic carbocycles. The third-order valence-electron chi connectivity index (χ3n) is 4.33. The summed E-state index contributed by atoms with van der Waals surface area (Å²) in [5.41, 5.74) is 2.30. The van der Waals surface area contributed by atoms with Gasteiger partial charge in [-0.1, -0.05) is 11.6 Å². The van der Waals surface area contributed by atoms with Crippen LogP contribution in [0.2, 0.25) is 5.02 Å². The molecule has 1 saturated heterocycles. The fourth-order valence-electron chi connectivity index (χ4n) is 3.02. The number of aliphatic imine (C=N–C) groups is 1. The first kappa shape index (κ1) is 17.6. The molecule has 1 atom stereocenters. The first-order valence-corrected chi connectivity index (χ1v) is 9.10. The number of nitrogens with one attached hydrogen (secondary N) is 4. The Morgan fingerprint density at radius 1 is 1.44 bits per heavy atom. The number of amides is 1. The van der Waals surface area contributed by atoms with Crippen molar-refractivity contribution in [1.29, 1.82) is 0 Å². The van der Waals surface area contributed by atoms with Crippen molar-refractivity contribution in [3.63, 3.8) is 0 Å². The second kappa shape index (κ2) is 8.25. The fourth-order valence-corrected chi connectivity index (χ4v) is 3.19. The number of carbonyl (C=O) groups excluding carboxylic acids is 1. The van der Waals surface area contributed by atoms with Crippen molar-refractivity contribution < 1.29 is 4.79 Å². The number of hydrogen-bond donors (Lipinski definition) is 4. The molecule has 2 heterocycles. The number of aromatic nitrogens is 1. The zero-order valence-electron chi connectivity index (χ0n) is 14.4. The monoisotopic (exact) mass is 361 g/mol. The Bertz CT molecular complexity index is 760. The highest BCUT2D eigenvalue weighted by Crippen LogP contribution is 2.22. The van der Waals surface area contributed by atoms with Gasteiger partial charge in [-0.2, -0.15) is 0 Å². The fraction of sp³-hybridized carbons (Fsp3) is 0.444. The van der Waals surface area contributed by atoms with Crippen molar-refractivity contribution in [3.8, 4) is 0 Å². The zero-order valence-corrected chi connectivity index (χ0v) is 15.1. The summed E-state index contributed by atoms with van der Waals surface area (Å²) in [6.07, 6.45) is 4.25. The van der Waals surface area contributed by atoms with E-state index in [4.69, 9.17) is 11.6 Å². The maximum absolute atomic E-state index is 11.3. The summed E-state index contributed by atoms with van der Waals surface area (Å²) in [6, 6.07) is 6.09. The van der Waals surface area contributed by atoms with E-state index in [0.717, 1.165) is 41.3 Å². The number of aromatic amines is 1. The van der Waals surface area contributed by atoms with E-state index < -0.39 is 0 Å². The number of hydrogen-bond acceptors (Lipinski definition) is 2. The van der Waals surface area contributed by atoms with Crippen LogP contribution in [0.25, 0.3) is 10.9 Å². The number of guanidine groups is 1. The van der Waals surface area contributed by atoms with Crippen LogP contribution in [0.3, 0.4) is 0 Å². The Balaban J connectivity index is 1.61. The lowest BCUT2D eigenvalue weighted by molar-refractivity contribution is -0.122. The van der Waals surface area contributed by atoms with Crippen LogP contribution < -0.4 is 16.0 Å². The van der Waals surface area contributed by atoms with E-state index >= 15 is 0 Å². The quantitative estimate of drug-likeness (QED) is 0.487. The standard InChI is InChI=1S/C18H24ClN5O/c1-2-20-18(24-14-4-6-17(25)23-11-14)21-8-7-12-10-22-16-5-3-13(19)9-15(12)16/h3,5,9-10,14,22H,2,4,6-8,11H2,1H3,(H,23,25)(H2,20,21,24). The van der Waals surface area contributed by atoms with Gasteiger partial charge in [-0.3, -0.25) is 9.79 Å². The molecule has 25 heavy (non-hydrogen) atoms. The SMILES string of the molecule is CCNC(=NCCc1c[nH]c2ccc(Cl)cc12)NC1CCC(=O)NC1. The van der Waals surface area contributed by atoms with Gasteiger partial charge in [0.05, 0.1) is 0 Å². The van der Waals surface area contributed by atoms with Gasteiger partial charge in [-0.15, -0.1) is 0 Å². The van der Waals surface area contributed by atoms with E-state index in [1.165, 1.54) is 5.56 Å². The van der Waals surface area contributed by atoms with Gasteiger partial charge in [-0.25, -0.2) is 0 Å². The van der Waals surface area contributed by atoms with Gasteiger partial charge >= 0.3 is 0 Å². The Labute approximate surface area is 152 Å². The van der Waals surface area contributed by atoms with Crippen LogP contribution in [0.4, 0.5) is 0 Å². The average Bonchev–Trinajstić information content (AvgIpc) is 2.99. The molecule has 1 aromatic carbocycles. The normalized spacial score (nSPS) is 18.2. The highest BCUT2D eigenvalue weighted by molar-refractivity contribution is 6.31. The number of carbonyl (C=O) groups is 1. The van der Waals surface area contributed by atoms with Gasteiger partial charge in [0.2, 0.25) is 5.91 Å². The molecule has 1 amide bonds. The van der Waals surface area contributed by atoms with Crippen molar-refractivity contribution in [3.05, 3.63) is 35.0 Å². The molecule has 4 N–H and O–H groups in total. The predicted octanol–water partition coefficient (Wildman–Crippen LogP) is 2.20. The molecule has 1 aromatic heterocycles.